The number of amides is 2. The van der Waals surface area contributed by atoms with Crippen LogP contribution in [0.1, 0.15) is 99.3 Å². The second-order valence-electron chi connectivity index (χ2n) is 17.1. The largest absolute Gasteiger partial charge is 0.507 e. The molecule has 0 unspecified atom stereocenters. The van der Waals surface area contributed by atoms with Gasteiger partial charge in [-0.05, 0) is 97.7 Å². The van der Waals surface area contributed by atoms with Crippen molar-refractivity contribution in [2.75, 3.05) is 6.54 Å². The maximum atomic E-state index is 14.3. The SMILES string of the molecule is Cc1ncsc1-c1ccc([C@H](C)NC(=O)[C@@H]2C[C@@H](O)CN2C(=O)[C@H](C(C)C)n2cc(C3CC4(CC(c5ccc6cc(-c7ccccc7O)nnc6c5)C4)C3)nn2)cc1. The first-order chi connectivity index (χ1) is 27.9. The Kier molecular flexibility index (Phi) is 9.84. The predicted molar refractivity (Wildman–Crippen MR) is 222 cm³/mol. The van der Waals surface area contributed by atoms with Gasteiger partial charge < -0.3 is 20.4 Å². The lowest BCUT2D eigenvalue weighted by Crippen LogP contribution is -2.49. The highest BCUT2D eigenvalue weighted by Crippen LogP contribution is 2.66. The monoisotopic (exact) mass is 796 g/mol. The molecular weight excluding hydrogens is 749 g/mol. The maximum absolute atomic E-state index is 14.3. The summed E-state index contributed by atoms with van der Waals surface area (Å²) in [6, 6.07) is 21.9. The summed E-state index contributed by atoms with van der Waals surface area (Å²) in [5.74, 6) is 0.295. The van der Waals surface area contributed by atoms with Gasteiger partial charge in [0, 0.05) is 36.0 Å². The molecule has 4 atom stereocenters. The number of fused-ring (bicyclic) bond motifs is 1. The Morgan fingerprint density at radius 1 is 0.931 bits per heavy atom. The Morgan fingerprint density at radius 3 is 2.41 bits per heavy atom. The van der Waals surface area contributed by atoms with Crippen molar-refractivity contribution < 1.29 is 19.8 Å². The van der Waals surface area contributed by atoms with Crippen LogP contribution < -0.4 is 5.32 Å². The Hall–Kier alpha value is -5.53. The van der Waals surface area contributed by atoms with Gasteiger partial charge in [0.1, 0.15) is 17.8 Å². The number of nitrogens with zero attached hydrogens (tertiary/aromatic N) is 7. The molecule has 298 valence electrons. The first-order valence-corrected chi connectivity index (χ1v) is 21.1. The van der Waals surface area contributed by atoms with Gasteiger partial charge in [-0.15, -0.1) is 26.6 Å². The van der Waals surface area contributed by atoms with Crippen molar-refractivity contribution in [3.63, 3.8) is 0 Å². The molecule has 3 fully saturated rings. The molecule has 0 radical (unpaired) electrons. The molecule has 3 aliphatic rings. The molecule has 3 aromatic heterocycles. The van der Waals surface area contributed by atoms with Crippen LogP contribution in [0.15, 0.2) is 84.5 Å². The smallest absolute Gasteiger partial charge is 0.248 e. The maximum Gasteiger partial charge on any atom is 0.248 e. The van der Waals surface area contributed by atoms with Crippen LogP contribution in [0, 0.1) is 18.3 Å². The van der Waals surface area contributed by atoms with Gasteiger partial charge in [-0.3, -0.25) is 9.59 Å². The molecule has 58 heavy (non-hydrogen) atoms. The van der Waals surface area contributed by atoms with Crippen molar-refractivity contribution in [2.45, 2.75) is 95.9 Å². The fourth-order valence-electron chi connectivity index (χ4n) is 9.57. The molecule has 2 saturated carbocycles. The van der Waals surface area contributed by atoms with Crippen LogP contribution in [-0.2, 0) is 9.59 Å². The molecule has 13 heteroatoms. The number of carbonyl (C=O) groups excluding carboxylic acids is 2. The van der Waals surface area contributed by atoms with Gasteiger partial charge in [0.25, 0.3) is 0 Å². The minimum atomic E-state index is -0.793. The summed E-state index contributed by atoms with van der Waals surface area (Å²) in [5, 5.41) is 43.0. The summed E-state index contributed by atoms with van der Waals surface area (Å²) in [6.07, 6.45) is 5.59. The second-order valence-corrected chi connectivity index (χ2v) is 18.0. The van der Waals surface area contributed by atoms with Crippen molar-refractivity contribution >= 4 is 34.1 Å². The van der Waals surface area contributed by atoms with E-state index in [1.165, 1.54) is 10.5 Å². The number of carbonyl (C=O) groups is 2. The second kappa shape index (κ2) is 15.0. The third-order valence-corrected chi connectivity index (χ3v) is 13.7. The first-order valence-electron chi connectivity index (χ1n) is 20.2. The number of hydrogen-bond donors (Lipinski definition) is 3. The average Bonchev–Trinajstić information content (AvgIpc) is 3.94. The number of aliphatic hydroxyl groups excluding tert-OH is 1. The zero-order chi connectivity index (χ0) is 40.3. The number of rotatable bonds is 10. The van der Waals surface area contributed by atoms with E-state index in [2.05, 4.69) is 49.0 Å². The quantitative estimate of drug-likeness (QED) is 0.128. The number of phenolic OH excluding ortho intramolecular Hbond substituents is 1. The molecular formula is C45H48N8O4S. The van der Waals surface area contributed by atoms with E-state index in [4.69, 9.17) is 0 Å². The number of likely N-dealkylation sites (tertiary alicyclic amines) is 1. The predicted octanol–water partition coefficient (Wildman–Crippen LogP) is 7.50. The van der Waals surface area contributed by atoms with Crippen molar-refractivity contribution in [2.24, 2.45) is 11.3 Å². The van der Waals surface area contributed by atoms with Gasteiger partial charge in [0.05, 0.1) is 45.1 Å². The van der Waals surface area contributed by atoms with Crippen LogP contribution in [0.25, 0.3) is 32.6 Å². The van der Waals surface area contributed by atoms with E-state index in [0.29, 0.717) is 17.2 Å². The topological polar surface area (TPSA) is 159 Å². The fraction of sp³-hybridized carbons (Fsp3) is 0.400. The van der Waals surface area contributed by atoms with E-state index in [1.54, 1.807) is 28.2 Å². The summed E-state index contributed by atoms with van der Waals surface area (Å²) in [6.45, 7) is 7.96. The Bertz CT molecular complexity index is 2480. The molecule has 1 aliphatic heterocycles. The van der Waals surface area contributed by atoms with E-state index < -0.39 is 18.2 Å². The molecule has 3 aromatic carbocycles. The highest BCUT2D eigenvalue weighted by Gasteiger charge is 2.54. The molecule has 9 rings (SSSR count). The van der Waals surface area contributed by atoms with E-state index >= 15 is 0 Å². The zero-order valence-electron chi connectivity index (χ0n) is 33.1. The third kappa shape index (κ3) is 7.04. The van der Waals surface area contributed by atoms with Gasteiger partial charge in [-0.1, -0.05) is 67.6 Å². The third-order valence-electron chi connectivity index (χ3n) is 12.7. The molecule has 1 saturated heterocycles. The summed E-state index contributed by atoms with van der Waals surface area (Å²) in [4.78, 5) is 35.0. The fourth-order valence-corrected chi connectivity index (χ4v) is 10.4. The van der Waals surface area contributed by atoms with Crippen molar-refractivity contribution in [3.8, 4) is 27.4 Å². The molecule has 1 spiro atoms. The molecule has 2 aliphatic carbocycles. The van der Waals surface area contributed by atoms with Crippen LogP contribution in [0.4, 0.5) is 0 Å². The number of aliphatic hydroxyl groups is 1. The van der Waals surface area contributed by atoms with Gasteiger partial charge in [-0.2, -0.15) is 0 Å². The van der Waals surface area contributed by atoms with E-state index in [-0.39, 0.29) is 53.8 Å². The minimum absolute atomic E-state index is 0.0916. The molecule has 4 heterocycles. The lowest BCUT2D eigenvalue weighted by atomic mass is 9.47. The van der Waals surface area contributed by atoms with Crippen LogP contribution >= 0.6 is 11.3 Å². The highest BCUT2D eigenvalue weighted by molar-refractivity contribution is 7.13. The average molecular weight is 797 g/mol. The van der Waals surface area contributed by atoms with Gasteiger partial charge in [0.2, 0.25) is 11.8 Å². The van der Waals surface area contributed by atoms with Crippen LogP contribution in [0.3, 0.4) is 0 Å². The van der Waals surface area contributed by atoms with Crippen molar-refractivity contribution in [3.05, 3.63) is 107 Å². The molecule has 2 amide bonds. The number of para-hydroxylation sites is 1. The minimum Gasteiger partial charge on any atom is -0.507 e. The van der Waals surface area contributed by atoms with Crippen LogP contribution in [-0.4, -0.2) is 75.8 Å². The Labute approximate surface area is 341 Å². The van der Waals surface area contributed by atoms with Gasteiger partial charge in [0.15, 0.2) is 0 Å². The molecule has 3 N–H and O–H groups in total. The lowest BCUT2D eigenvalue weighted by molar-refractivity contribution is -0.142. The summed E-state index contributed by atoms with van der Waals surface area (Å²) >= 11 is 1.60. The summed E-state index contributed by atoms with van der Waals surface area (Å²) in [5.41, 5.74) is 9.49. The number of hydrogen-bond acceptors (Lipinski definition) is 10. The number of benzene rings is 3. The molecule has 12 nitrogen and oxygen atoms in total. The van der Waals surface area contributed by atoms with Crippen molar-refractivity contribution in [1.29, 1.82) is 0 Å². The lowest BCUT2D eigenvalue weighted by Gasteiger charge is -2.57. The van der Waals surface area contributed by atoms with Crippen molar-refractivity contribution in [1.82, 2.24) is 40.4 Å². The first kappa shape index (κ1) is 38.0. The van der Waals surface area contributed by atoms with Gasteiger partial charge >= 0.3 is 0 Å². The number of nitrogens with one attached hydrogen (secondary N) is 1. The summed E-state index contributed by atoms with van der Waals surface area (Å²) < 4.78 is 1.67. The standard InChI is InChI=1S/C45H48N8O4S/c1-25(2)41(44(57)52-22-34(54)17-39(52)43(56)47-26(3)28-9-11-29(12-10-28)42-27(4)46-24-58-42)53-23-38(50-51-53)33-20-45(21-33)18-32(19-45)30-13-14-31-16-37(49-48-36(31)15-30)35-7-5-6-8-40(35)55/h5-16,23-26,32-34,39,41,54-55H,17-22H2,1-4H3,(H,47,56)/t26-,32?,33?,34+,39-,41-,45?/m0/s1. The number of aromatic hydroxyl groups is 1. The number of aryl methyl sites for hydroxylation is 1. The number of phenols is 1. The molecule has 6 aromatic rings. The Morgan fingerprint density at radius 2 is 1.69 bits per heavy atom. The van der Waals surface area contributed by atoms with Crippen LogP contribution in [0.5, 0.6) is 5.75 Å². The summed E-state index contributed by atoms with van der Waals surface area (Å²) in [7, 11) is 0. The normalized spacial score (nSPS) is 23.8. The molecule has 0 bridgehead atoms. The number of β-amino-alcohol motifs (C(OH)–C–C–N with tert-alkyl or cyclic N) is 1. The van der Waals surface area contributed by atoms with Crippen LogP contribution in [0.2, 0.25) is 0 Å². The van der Waals surface area contributed by atoms with Gasteiger partial charge in [-0.25, -0.2) is 9.67 Å². The zero-order valence-corrected chi connectivity index (χ0v) is 33.9. The van der Waals surface area contributed by atoms with E-state index in [0.717, 1.165) is 64.0 Å². The van der Waals surface area contributed by atoms with E-state index in [9.17, 15) is 19.8 Å². The Balaban J connectivity index is 0.816. The number of thiazole rings is 1. The highest BCUT2D eigenvalue weighted by atomic mass is 32.1. The van der Waals surface area contributed by atoms with E-state index in [1.807, 2.05) is 81.9 Å². The number of aromatic nitrogens is 6.